The zero-order valence-electron chi connectivity index (χ0n) is 8.75. The van der Waals surface area contributed by atoms with Crippen molar-refractivity contribution in [2.24, 2.45) is 0 Å². The second-order valence-corrected chi connectivity index (χ2v) is 3.82. The fourth-order valence-corrected chi connectivity index (χ4v) is 1.75. The van der Waals surface area contributed by atoms with Crippen LogP contribution in [-0.4, -0.2) is 13.6 Å². The van der Waals surface area contributed by atoms with Crippen LogP contribution in [0.4, 0.5) is 4.39 Å². The number of hydrogen-bond acceptors (Lipinski definition) is 1. The highest BCUT2D eigenvalue weighted by Gasteiger charge is 2.11. The molecule has 0 saturated heterocycles. The normalized spacial score (nSPS) is 10.6. The molecule has 0 radical (unpaired) electrons. The highest BCUT2D eigenvalue weighted by Crippen LogP contribution is 2.26. The third kappa shape index (κ3) is 2.25. The largest absolute Gasteiger partial charge is 0.319 e. The van der Waals surface area contributed by atoms with Crippen LogP contribution in [0, 0.1) is 19.7 Å². The first-order valence-electron chi connectivity index (χ1n) is 4.66. The van der Waals surface area contributed by atoms with E-state index in [2.05, 4.69) is 5.32 Å². The van der Waals surface area contributed by atoms with Gasteiger partial charge in [0.1, 0.15) is 5.82 Å². The lowest BCUT2D eigenvalue weighted by molar-refractivity contribution is 0.622. The van der Waals surface area contributed by atoms with Crippen LogP contribution in [0.3, 0.4) is 0 Å². The molecule has 0 unspecified atom stereocenters. The summed E-state index contributed by atoms with van der Waals surface area (Å²) in [5.41, 5.74) is 2.96. The summed E-state index contributed by atoms with van der Waals surface area (Å²) < 4.78 is 13.3. The summed E-state index contributed by atoms with van der Waals surface area (Å²) in [5, 5.41) is 3.30. The Balaban J connectivity index is 3.11. The van der Waals surface area contributed by atoms with Crippen molar-refractivity contribution in [1.82, 2.24) is 5.32 Å². The fourth-order valence-electron chi connectivity index (χ4n) is 1.46. The van der Waals surface area contributed by atoms with Gasteiger partial charge in [0.25, 0.3) is 0 Å². The molecular formula is C11H15ClFN. The van der Waals surface area contributed by atoms with E-state index >= 15 is 0 Å². The number of halogens is 2. The van der Waals surface area contributed by atoms with Crippen LogP contribution in [0.15, 0.2) is 6.07 Å². The van der Waals surface area contributed by atoms with Crippen molar-refractivity contribution >= 4 is 11.6 Å². The molecule has 0 saturated carbocycles. The van der Waals surface area contributed by atoms with E-state index < -0.39 is 0 Å². The van der Waals surface area contributed by atoms with Crippen molar-refractivity contribution < 1.29 is 4.39 Å². The Hall–Kier alpha value is -0.600. The maximum atomic E-state index is 13.3. The van der Waals surface area contributed by atoms with Crippen LogP contribution >= 0.6 is 11.6 Å². The SMILES string of the molecule is CNCCc1c(C)c(C)cc(F)c1Cl. The minimum absolute atomic E-state index is 0.267. The van der Waals surface area contributed by atoms with Gasteiger partial charge in [-0.25, -0.2) is 4.39 Å². The molecular weight excluding hydrogens is 201 g/mol. The molecule has 0 aliphatic carbocycles. The smallest absolute Gasteiger partial charge is 0.142 e. The molecule has 1 rings (SSSR count). The molecule has 14 heavy (non-hydrogen) atoms. The molecule has 78 valence electrons. The summed E-state index contributed by atoms with van der Waals surface area (Å²) in [4.78, 5) is 0. The molecule has 1 nitrogen and oxygen atoms in total. The monoisotopic (exact) mass is 215 g/mol. The van der Waals surface area contributed by atoms with Gasteiger partial charge in [0.15, 0.2) is 0 Å². The van der Waals surface area contributed by atoms with Crippen LogP contribution in [0.1, 0.15) is 16.7 Å². The third-order valence-corrected chi connectivity index (χ3v) is 2.90. The second-order valence-electron chi connectivity index (χ2n) is 3.45. The topological polar surface area (TPSA) is 12.0 Å². The summed E-state index contributed by atoms with van der Waals surface area (Å²) in [5.74, 6) is -0.319. The quantitative estimate of drug-likeness (QED) is 0.818. The van der Waals surface area contributed by atoms with E-state index in [9.17, 15) is 4.39 Å². The van der Waals surface area contributed by atoms with Crippen molar-refractivity contribution in [3.63, 3.8) is 0 Å². The second kappa shape index (κ2) is 4.76. The van der Waals surface area contributed by atoms with E-state index in [-0.39, 0.29) is 10.8 Å². The molecule has 0 fully saturated rings. The molecule has 1 aromatic carbocycles. The van der Waals surface area contributed by atoms with Gasteiger partial charge in [-0.05, 0) is 56.6 Å². The van der Waals surface area contributed by atoms with Crippen LogP contribution in [0.5, 0.6) is 0 Å². The predicted molar refractivity (Wildman–Crippen MR) is 58.5 cm³/mol. The van der Waals surface area contributed by atoms with Crippen molar-refractivity contribution in [3.8, 4) is 0 Å². The van der Waals surface area contributed by atoms with Crippen molar-refractivity contribution in [2.45, 2.75) is 20.3 Å². The molecule has 0 aliphatic rings. The van der Waals surface area contributed by atoms with Crippen LogP contribution in [0.25, 0.3) is 0 Å². The Morgan fingerprint density at radius 2 is 2.07 bits per heavy atom. The van der Waals surface area contributed by atoms with Gasteiger partial charge in [0.2, 0.25) is 0 Å². The average molecular weight is 216 g/mol. The Labute approximate surface area is 89.3 Å². The minimum atomic E-state index is -0.319. The molecule has 1 aromatic rings. The Morgan fingerprint density at radius 1 is 1.43 bits per heavy atom. The first-order valence-corrected chi connectivity index (χ1v) is 5.04. The molecule has 1 N–H and O–H groups in total. The Morgan fingerprint density at radius 3 is 2.64 bits per heavy atom. The standard InChI is InChI=1S/C11H15ClFN/c1-7-6-10(13)11(12)9(8(7)2)4-5-14-3/h6,14H,4-5H2,1-3H3. The van der Waals surface area contributed by atoms with Gasteiger partial charge in [0, 0.05) is 0 Å². The summed E-state index contributed by atoms with van der Waals surface area (Å²) in [7, 11) is 1.87. The van der Waals surface area contributed by atoms with Gasteiger partial charge in [-0.15, -0.1) is 0 Å². The lowest BCUT2D eigenvalue weighted by atomic mass is 10.0. The Kier molecular flexibility index (Phi) is 3.90. The van der Waals surface area contributed by atoms with Gasteiger partial charge in [-0.1, -0.05) is 11.6 Å². The van der Waals surface area contributed by atoms with Gasteiger partial charge in [0.05, 0.1) is 5.02 Å². The lowest BCUT2D eigenvalue weighted by Crippen LogP contribution is -2.12. The van der Waals surface area contributed by atoms with Crippen molar-refractivity contribution in [3.05, 3.63) is 33.6 Å². The van der Waals surface area contributed by atoms with E-state index in [1.165, 1.54) is 6.07 Å². The van der Waals surface area contributed by atoms with E-state index in [0.717, 1.165) is 29.7 Å². The number of likely N-dealkylation sites (N-methyl/N-ethyl adjacent to an activating group) is 1. The summed E-state index contributed by atoms with van der Waals surface area (Å²) >= 11 is 5.90. The molecule has 0 aliphatic heterocycles. The number of hydrogen-bond donors (Lipinski definition) is 1. The molecule has 3 heteroatoms. The zero-order chi connectivity index (χ0) is 10.7. The molecule has 0 amide bonds. The van der Waals surface area contributed by atoms with Gasteiger partial charge >= 0.3 is 0 Å². The first-order chi connectivity index (χ1) is 6.57. The molecule has 0 atom stereocenters. The summed E-state index contributed by atoms with van der Waals surface area (Å²) in [6.45, 7) is 4.69. The van der Waals surface area contributed by atoms with E-state index in [0.29, 0.717) is 0 Å². The fraction of sp³-hybridized carbons (Fsp3) is 0.455. The summed E-state index contributed by atoms with van der Waals surface area (Å²) in [6.07, 6.45) is 0.764. The maximum absolute atomic E-state index is 13.3. The van der Waals surface area contributed by atoms with Crippen LogP contribution in [0.2, 0.25) is 5.02 Å². The van der Waals surface area contributed by atoms with E-state index in [1.807, 2.05) is 20.9 Å². The average Bonchev–Trinajstić information content (AvgIpc) is 2.15. The minimum Gasteiger partial charge on any atom is -0.319 e. The number of benzene rings is 1. The predicted octanol–water partition coefficient (Wildman–Crippen LogP) is 2.86. The van der Waals surface area contributed by atoms with Gasteiger partial charge in [-0.2, -0.15) is 0 Å². The first kappa shape index (κ1) is 11.5. The van der Waals surface area contributed by atoms with E-state index in [4.69, 9.17) is 11.6 Å². The molecule has 0 heterocycles. The maximum Gasteiger partial charge on any atom is 0.142 e. The van der Waals surface area contributed by atoms with E-state index in [1.54, 1.807) is 0 Å². The zero-order valence-corrected chi connectivity index (χ0v) is 9.50. The van der Waals surface area contributed by atoms with Gasteiger partial charge in [-0.3, -0.25) is 0 Å². The number of rotatable bonds is 3. The molecule has 0 bridgehead atoms. The highest BCUT2D eigenvalue weighted by molar-refractivity contribution is 6.31. The summed E-state index contributed by atoms with van der Waals surface area (Å²) in [6, 6.07) is 1.49. The third-order valence-electron chi connectivity index (χ3n) is 2.49. The lowest BCUT2D eigenvalue weighted by Gasteiger charge is -2.11. The van der Waals surface area contributed by atoms with Gasteiger partial charge < -0.3 is 5.32 Å². The molecule has 0 spiro atoms. The number of aryl methyl sites for hydroxylation is 1. The highest BCUT2D eigenvalue weighted by atomic mass is 35.5. The number of nitrogens with one attached hydrogen (secondary N) is 1. The Bertz CT molecular complexity index is 310. The van der Waals surface area contributed by atoms with Crippen LogP contribution in [-0.2, 0) is 6.42 Å². The van der Waals surface area contributed by atoms with Crippen LogP contribution < -0.4 is 5.32 Å². The molecule has 0 aromatic heterocycles. The van der Waals surface area contributed by atoms with Crippen molar-refractivity contribution in [1.29, 1.82) is 0 Å². The van der Waals surface area contributed by atoms with Crippen molar-refractivity contribution in [2.75, 3.05) is 13.6 Å².